The number of aryl methyl sites for hydroxylation is 1. The molecule has 25 heavy (non-hydrogen) atoms. The van der Waals surface area contributed by atoms with Crippen molar-refractivity contribution in [3.8, 4) is 0 Å². The number of alkyl halides is 4. The van der Waals surface area contributed by atoms with Gasteiger partial charge in [0.2, 0.25) is 5.92 Å². The monoisotopic (exact) mass is 363 g/mol. The molecule has 0 aromatic carbocycles. The summed E-state index contributed by atoms with van der Waals surface area (Å²) in [5.74, 6) is -5.65. The van der Waals surface area contributed by atoms with Crippen LogP contribution in [0.15, 0.2) is 0 Å². The number of rotatable bonds is 5. The van der Waals surface area contributed by atoms with Gasteiger partial charge in [-0.05, 0) is 18.8 Å². The second-order valence-corrected chi connectivity index (χ2v) is 7.13. The van der Waals surface area contributed by atoms with Crippen molar-refractivity contribution >= 4 is 11.9 Å². The van der Waals surface area contributed by atoms with Crippen LogP contribution in [0.4, 0.5) is 28.2 Å². The zero-order chi connectivity index (χ0) is 18.4. The van der Waals surface area contributed by atoms with E-state index in [0.29, 0.717) is 18.4 Å². The van der Waals surface area contributed by atoms with Gasteiger partial charge in [-0.2, -0.15) is 5.10 Å². The highest BCUT2D eigenvalue weighted by Gasteiger charge is 2.49. The Hall–Kier alpha value is -1.80. The molecule has 0 unspecified atom stereocenters. The van der Waals surface area contributed by atoms with Gasteiger partial charge in [-0.25, -0.2) is 22.4 Å². The Morgan fingerprint density at radius 2 is 2.00 bits per heavy atom. The topological polar surface area (TPSA) is 56.2 Å². The maximum Gasteiger partial charge on any atom is 0.413 e. The van der Waals surface area contributed by atoms with Gasteiger partial charge in [-0.3, -0.25) is 10.00 Å². The molecule has 1 heterocycles. The van der Waals surface area contributed by atoms with Gasteiger partial charge in [0.15, 0.2) is 6.61 Å². The highest BCUT2D eigenvalue weighted by Crippen LogP contribution is 2.52. The van der Waals surface area contributed by atoms with E-state index in [2.05, 4.69) is 15.2 Å². The molecule has 1 amide bonds. The number of nitrogens with one attached hydrogen (secondary N) is 1. The summed E-state index contributed by atoms with van der Waals surface area (Å²) in [6.45, 7) is -0.379. The predicted molar refractivity (Wildman–Crippen MR) is 82.3 cm³/mol. The molecule has 2 fully saturated rings. The van der Waals surface area contributed by atoms with Gasteiger partial charge in [0, 0.05) is 38.3 Å². The van der Waals surface area contributed by atoms with Crippen molar-refractivity contribution in [2.75, 3.05) is 11.9 Å². The second kappa shape index (κ2) is 6.17. The first-order chi connectivity index (χ1) is 11.6. The first-order valence-corrected chi connectivity index (χ1v) is 8.32. The van der Waals surface area contributed by atoms with Crippen LogP contribution in [0.2, 0.25) is 0 Å². The number of carbonyl (C=O) groups is 1. The van der Waals surface area contributed by atoms with Crippen LogP contribution in [0.1, 0.15) is 62.1 Å². The largest absolute Gasteiger partial charge is 0.443 e. The molecule has 1 aromatic rings. The van der Waals surface area contributed by atoms with Crippen molar-refractivity contribution in [3.05, 3.63) is 11.3 Å². The van der Waals surface area contributed by atoms with Gasteiger partial charge in [0.05, 0.1) is 5.69 Å². The molecular weight excluding hydrogens is 342 g/mol. The normalized spacial score (nSPS) is 20.7. The van der Waals surface area contributed by atoms with E-state index in [9.17, 15) is 22.4 Å². The van der Waals surface area contributed by atoms with Crippen LogP contribution >= 0.6 is 0 Å². The van der Waals surface area contributed by atoms with Gasteiger partial charge >= 0.3 is 6.09 Å². The third-order valence-electron chi connectivity index (χ3n) is 4.78. The molecule has 140 valence electrons. The second-order valence-electron chi connectivity index (χ2n) is 7.13. The van der Waals surface area contributed by atoms with Gasteiger partial charge in [-0.1, -0.05) is 6.42 Å². The number of nitrogens with zero attached hydrogens (tertiary/aromatic N) is 2. The van der Waals surface area contributed by atoms with Crippen molar-refractivity contribution in [1.29, 1.82) is 0 Å². The van der Waals surface area contributed by atoms with Crippen LogP contribution in [0.25, 0.3) is 0 Å². The van der Waals surface area contributed by atoms with E-state index in [1.165, 1.54) is 4.68 Å². The Morgan fingerprint density at radius 1 is 1.36 bits per heavy atom. The molecule has 2 saturated carbocycles. The Kier molecular flexibility index (Phi) is 4.45. The molecule has 9 heteroatoms. The molecule has 0 aliphatic heterocycles. The molecular formula is C16H21F4N3O2. The average molecular weight is 363 g/mol. The molecule has 0 bridgehead atoms. The van der Waals surface area contributed by atoms with E-state index in [1.54, 1.807) is 7.05 Å². The minimum absolute atomic E-state index is 0.140. The summed E-state index contributed by atoms with van der Waals surface area (Å²) < 4.78 is 58.0. The fourth-order valence-corrected chi connectivity index (χ4v) is 3.29. The smallest absolute Gasteiger partial charge is 0.413 e. The molecule has 1 aromatic heterocycles. The van der Waals surface area contributed by atoms with E-state index in [1.807, 2.05) is 0 Å². The van der Waals surface area contributed by atoms with E-state index >= 15 is 0 Å². The van der Waals surface area contributed by atoms with Gasteiger partial charge in [-0.15, -0.1) is 0 Å². The minimum atomic E-state index is -3.12. The quantitative estimate of drug-likeness (QED) is 0.789. The van der Waals surface area contributed by atoms with E-state index in [0.717, 1.165) is 24.8 Å². The Labute approximate surface area is 142 Å². The molecule has 0 saturated heterocycles. The summed E-state index contributed by atoms with van der Waals surface area (Å²) in [6.07, 6.45) is 1.28. The Balaban J connectivity index is 1.78. The van der Waals surface area contributed by atoms with Crippen LogP contribution in [0.3, 0.4) is 0 Å². The minimum Gasteiger partial charge on any atom is -0.443 e. The maximum absolute atomic E-state index is 13.2. The third-order valence-corrected chi connectivity index (χ3v) is 4.78. The number of aromatic nitrogens is 2. The maximum atomic E-state index is 13.2. The van der Waals surface area contributed by atoms with Crippen molar-refractivity contribution in [3.63, 3.8) is 0 Å². The third kappa shape index (κ3) is 3.90. The van der Waals surface area contributed by atoms with Crippen LogP contribution in [0, 0.1) is 0 Å². The lowest BCUT2D eigenvalue weighted by molar-refractivity contribution is -0.0879. The lowest BCUT2D eigenvalue weighted by Gasteiger charge is -2.36. The Morgan fingerprint density at radius 3 is 2.48 bits per heavy atom. The summed E-state index contributed by atoms with van der Waals surface area (Å²) in [7, 11) is 1.59. The van der Waals surface area contributed by atoms with Crippen LogP contribution in [-0.2, 0) is 11.8 Å². The van der Waals surface area contributed by atoms with Crippen molar-refractivity contribution in [1.82, 2.24) is 9.78 Å². The predicted octanol–water partition coefficient (Wildman–Crippen LogP) is 4.40. The molecule has 0 spiro atoms. The lowest BCUT2D eigenvalue weighted by atomic mass is 9.73. The number of anilines is 1. The molecule has 2 aliphatic carbocycles. The average Bonchev–Trinajstić information content (AvgIpc) is 2.69. The molecule has 0 radical (unpaired) electrons. The van der Waals surface area contributed by atoms with Crippen molar-refractivity contribution < 1.29 is 27.1 Å². The number of amides is 1. The molecule has 3 rings (SSSR count). The highest BCUT2D eigenvalue weighted by molar-refractivity contribution is 5.85. The number of hydrogen-bond acceptors (Lipinski definition) is 3. The molecule has 0 atom stereocenters. The van der Waals surface area contributed by atoms with Gasteiger partial charge in [0.1, 0.15) is 5.82 Å². The van der Waals surface area contributed by atoms with Crippen LogP contribution in [-0.4, -0.2) is 34.3 Å². The number of hydrogen-bond donors (Lipinski definition) is 1. The molecule has 2 aliphatic rings. The van der Waals surface area contributed by atoms with E-state index in [4.69, 9.17) is 0 Å². The fourth-order valence-electron chi connectivity index (χ4n) is 3.29. The standard InChI is InChI=1S/C16H21F4N3O2/c1-15(17,18)8-25-14(24)21-13-11(9-4-3-5-9)12(22-23(13)2)10-6-16(19,20)7-10/h9-10H,3-8H2,1-2H3,(H,21,24). The lowest BCUT2D eigenvalue weighted by Crippen LogP contribution is -2.34. The first kappa shape index (κ1) is 18.0. The number of ether oxygens (including phenoxy) is 1. The summed E-state index contributed by atoms with van der Waals surface area (Å²) in [6, 6.07) is 0. The van der Waals surface area contributed by atoms with Gasteiger partial charge < -0.3 is 4.74 Å². The van der Waals surface area contributed by atoms with Crippen LogP contribution in [0.5, 0.6) is 0 Å². The van der Waals surface area contributed by atoms with Crippen molar-refractivity contribution in [2.24, 2.45) is 7.05 Å². The summed E-state index contributed by atoms with van der Waals surface area (Å²) in [4.78, 5) is 11.8. The zero-order valence-electron chi connectivity index (χ0n) is 14.1. The van der Waals surface area contributed by atoms with Crippen LogP contribution < -0.4 is 5.32 Å². The summed E-state index contributed by atoms with van der Waals surface area (Å²) in [5, 5.41) is 6.79. The molecule has 1 N–H and O–H groups in total. The Bertz CT molecular complexity index is 657. The number of halogens is 4. The molecule has 5 nitrogen and oxygen atoms in total. The SMILES string of the molecule is Cn1nc(C2CC(F)(F)C2)c(C2CCC2)c1NC(=O)OCC(C)(F)F. The van der Waals surface area contributed by atoms with E-state index in [-0.39, 0.29) is 24.7 Å². The first-order valence-electron chi connectivity index (χ1n) is 8.32. The van der Waals surface area contributed by atoms with Gasteiger partial charge in [0.25, 0.3) is 5.92 Å². The fraction of sp³-hybridized carbons (Fsp3) is 0.750. The zero-order valence-corrected chi connectivity index (χ0v) is 14.1. The summed E-state index contributed by atoms with van der Waals surface area (Å²) >= 11 is 0. The van der Waals surface area contributed by atoms with Crippen molar-refractivity contribution in [2.45, 2.75) is 62.7 Å². The highest BCUT2D eigenvalue weighted by atomic mass is 19.3. The number of carbonyl (C=O) groups excluding carboxylic acids is 1. The van der Waals surface area contributed by atoms with E-state index < -0.39 is 24.5 Å². The summed E-state index contributed by atoms with van der Waals surface area (Å²) in [5.41, 5.74) is 1.32.